The third-order valence-corrected chi connectivity index (χ3v) is 7.18. The van der Waals surface area contributed by atoms with E-state index >= 15 is 0 Å². The Kier molecular flexibility index (Phi) is 6.43. The molecule has 5 rings (SSSR count). The summed E-state index contributed by atoms with van der Waals surface area (Å²) in [6, 6.07) is 22.2. The summed E-state index contributed by atoms with van der Waals surface area (Å²) in [5.74, 6) is -0.404. The molecule has 0 spiro atoms. The minimum Gasteiger partial charge on any atom is -0.375 e. The fourth-order valence-corrected chi connectivity index (χ4v) is 5.37. The van der Waals surface area contributed by atoms with Crippen molar-refractivity contribution in [3.63, 3.8) is 0 Å². The van der Waals surface area contributed by atoms with Crippen molar-refractivity contribution < 1.29 is 13.5 Å². The number of hydrogen-bond acceptors (Lipinski definition) is 3. The van der Waals surface area contributed by atoms with Crippen LogP contribution in [0.3, 0.4) is 0 Å². The second-order valence-electron chi connectivity index (χ2n) is 9.15. The number of rotatable bonds is 6. The highest BCUT2D eigenvalue weighted by atomic mass is 19.1. The van der Waals surface area contributed by atoms with E-state index in [0.29, 0.717) is 13.2 Å². The Labute approximate surface area is 194 Å². The first kappa shape index (κ1) is 22.1. The van der Waals surface area contributed by atoms with Gasteiger partial charge in [0, 0.05) is 37.3 Å². The van der Waals surface area contributed by atoms with Crippen LogP contribution in [0.4, 0.5) is 14.5 Å². The summed E-state index contributed by atoms with van der Waals surface area (Å²) in [5, 5.41) is 0. The lowest BCUT2D eigenvalue weighted by atomic mass is 9.69. The SMILES string of the molecule is Fc1ccc(N2CCN(CCCC3(c4ccc(F)cc4)COCc4ccccc43)CC2)cc1. The number of hydrogen-bond donors (Lipinski definition) is 0. The molecule has 5 heteroatoms. The topological polar surface area (TPSA) is 15.7 Å². The Morgan fingerprint density at radius 2 is 1.45 bits per heavy atom. The van der Waals surface area contributed by atoms with Crippen LogP contribution in [0, 0.1) is 11.6 Å². The second-order valence-corrected chi connectivity index (χ2v) is 9.15. The molecule has 0 aliphatic carbocycles. The predicted molar refractivity (Wildman–Crippen MR) is 128 cm³/mol. The molecule has 0 radical (unpaired) electrons. The molecule has 3 nitrogen and oxygen atoms in total. The van der Waals surface area contributed by atoms with Crippen LogP contribution in [-0.2, 0) is 16.8 Å². The van der Waals surface area contributed by atoms with Gasteiger partial charge in [0.2, 0.25) is 0 Å². The van der Waals surface area contributed by atoms with E-state index in [2.05, 4.69) is 34.1 Å². The van der Waals surface area contributed by atoms with E-state index in [1.165, 1.54) is 23.3 Å². The summed E-state index contributed by atoms with van der Waals surface area (Å²) < 4.78 is 33.0. The molecule has 1 unspecified atom stereocenters. The van der Waals surface area contributed by atoms with Crippen LogP contribution < -0.4 is 4.90 Å². The van der Waals surface area contributed by atoms with Gasteiger partial charge in [-0.2, -0.15) is 0 Å². The lowest BCUT2D eigenvalue weighted by Gasteiger charge is -2.41. The Balaban J connectivity index is 1.26. The summed E-state index contributed by atoms with van der Waals surface area (Å²) in [6.45, 7) is 6.14. The van der Waals surface area contributed by atoms with Gasteiger partial charge in [0.05, 0.1) is 13.2 Å². The van der Waals surface area contributed by atoms with Gasteiger partial charge >= 0.3 is 0 Å². The molecule has 1 fully saturated rings. The van der Waals surface area contributed by atoms with Crippen molar-refractivity contribution in [3.05, 3.63) is 101 Å². The van der Waals surface area contributed by atoms with Gasteiger partial charge in [-0.05, 0) is 72.5 Å². The van der Waals surface area contributed by atoms with Crippen molar-refractivity contribution in [2.45, 2.75) is 24.9 Å². The molecule has 0 amide bonds. The number of piperazine rings is 1. The van der Waals surface area contributed by atoms with E-state index in [9.17, 15) is 8.78 Å². The minimum absolute atomic E-state index is 0.194. The lowest BCUT2D eigenvalue weighted by Crippen LogP contribution is -2.47. The second kappa shape index (κ2) is 9.62. The molecule has 0 saturated carbocycles. The highest BCUT2D eigenvalue weighted by Gasteiger charge is 2.38. The van der Waals surface area contributed by atoms with Crippen LogP contribution in [-0.4, -0.2) is 44.2 Å². The molecular formula is C28H30F2N2O. The molecule has 3 aromatic carbocycles. The molecular weight excluding hydrogens is 418 g/mol. The zero-order valence-corrected chi connectivity index (χ0v) is 18.9. The Hall–Kier alpha value is -2.76. The molecule has 0 N–H and O–H groups in total. The monoisotopic (exact) mass is 448 g/mol. The molecule has 172 valence electrons. The van der Waals surface area contributed by atoms with Crippen LogP contribution >= 0.6 is 0 Å². The normalized spacial score (nSPS) is 21.1. The molecule has 0 aromatic heterocycles. The molecule has 0 bridgehead atoms. The quantitative estimate of drug-likeness (QED) is 0.503. The van der Waals surface area contributed by atoms with Gasteiger partial charge in [0.15, 0.2) is 0 Å². The molecule has 2 heterocycles. The number of fused-ring (bicyclic) bond motifs is 1. The summed E-state index contributed by atoms with van der Waals surface area (Å²) in [7, 11) is 0. The fraction of sp³-hybridized carbons (Fsp3) is 0.357. The number of anilines is 1. The van der Waals surface area contributed by atoms with E-state index in [1.54, 1.807) is 12.1 Å². The first-order valence-corrected chi connectivity index (χ1v) is 11.8. The number of nitrogens with zero attached hydrogens (tertiary/aromatic N) is 2. The number of ether oxygens (including phenoxy) is 1. The predicted octanol–water partition coefficient (Wildman–Crippen LogP) is 5.38. The molecule has 3 aromatic rings. The van der Waals surface area contributed by atoms with Crippen molar-refractivity contribution >= 4 is 5.69 Å². The summed E-state index contributed by atoms with van der Waals surface area (Å²) >= 11 is 0. The standard InChI is InChI=1S/C28H30F2N2O/c29-24-8-6-23(7-9-24)28(21-33-20-22-4-1-2-5-27(22)28)14-3-15-31-16-18-32(19-17-31)26-12-10-25(30)11-13-26/h1-2,4-13H,3,14-21H2. The van der Waals surface area contributed by atoms with Gasteiger partial charge in [-0.1, -0.05) is 36.4 Å². The van der Waals surface area contributed by atoms with E-state index in [1.807, 2.05) is 24.3 Å². The van der Waals surface area contributed by atoms with Gasteiger partial charge in [0.1, 0.15) is 11.6 Å². The first-order chi connectivity index (χ1) is 16.1. The van der Waals surface area contributed by atoms with Gasteiger partial charge < -0.3 is 9.64 Å². The zero-order chi connectivity index (χ0) is 22.7. The van der Waals surface area contributed by atoms with Gasteiger partial charge in [-0.15, -0.1) is 0 Å². The van der Waals surface area contributed by atoms with Gasteiger partial charge in [0.25, 0.3) is 0 Å². The van der Waals surface area contributed by atoms with E-state index < -0.39 is 0 Å². The third kappa shape index (κ3) is 4.66. The molecule has 1 atom stereocenters. The van der Waals surface area contributed by atoms with Crippen LogP contribution in [0.15, 0.2) is 72.8 Å². The lowest BCUT2D eigenvalue weighted by molar-refractivity contribution is 0.0599. The Bertz CT molecular complexity index is 1060. The molecule has 2 aliphatic rings. The maximum Gasteiger partial charge on any atom is 0.123 e. The van der Waals surface area contributed by atoms with Crippen LogP contribution in [0.1, 0.15) is 29.5 Å². The first-order valence-electron chi connectivity index (χ1n) is 11.8. The average molecular weight is 449 g/mol. The van der Waals surface area contributed by atoms with Crippen LogP contribution in [0.25, 0.3) is 0 Å². The largest absolute Gasteiger partial charge is 0.375 e. The summed E-state index contributed by atoms with van der Waals surface area (Å²) in [4.78, 5) is 4.83. The van der Waals surface area contributed by atoms with Crippen molar-refractivity contribution in [2.75, 3.05) is 44.2 Å². The summed E-state index contributed by atoms with van der Waals surface area (Å²) in [6.07, 6.45) is 1.99. The Morgan fingerprint density at radius 1 is 0.788 bits per heavy atom. The smallest absolute Gasteiger partial charge is 0.123 e. The summed E-state index contributed by atoms with van der Waals surface area (Å²) in [5.41, 5.74) is 4.49. The highest BCUT2D eigenvalue weighted by Crippen LogP contribution is 2.42. The molecule has 1 saturated heterocycles. The Morgan fingerprint density at radius 3 is 2.18 bits per heavy atom. The fourth-order valence-electron chi connectivity index (χ4n) is 5.37. The highest BCUT2D eigenvalue weighted by molar-refractivity contribution is 5.47. The van der Waals surface area contributed by atoms with Gasteiger partial charge in [-0.3, -0.25) is 4.90 Å². The molecule has 2 aliphatic heterocycles. The maximum absolute atomic E-state index is 13.7. The van der Waals surface area contributed by atoms with E-state index in [0.717, 1.165) is 56.8 Å². The van der Waals surface area contributed by atoms with Crippen molar-refractivity contribution in [2.24, 2.45) is 0 Å². The van der Waals surface area contributed by atoms with E-state index in [4.69, 9.17) is 4.74 Å². The number of benzene rings is 3. The third-order valence-electron chi connectivity index (χ3n) is 7.18. The van der Waals surface area contributed by atoms with Gasteiger partial charge in [-0.25, -0.2) is 8.78 Å². The van der Waals surface area contributed by atoms with Crippen LogP contribution in [0.2, 0.25) is 0 Å². The molecule has 33 heavy (non-hydrogen) atoms. The maximum atomic E-state index is 13.7. The van der Waals surface area contributed by atoms with Crippen molar-refractivity contribution in [1.29, 1.82) is 0 Å². The average Bonchev–Trinajstić information content (AvgIpc) is 2.85. The van der Waals surface area contributed by atoms with E-state index in [-0.39, 0.29) is 17.0 Å². The van der Waals surface area contributed by atoms with Crippen molar-refractivity contribution in [3.8, 4) is 0 Å². The van der Waals surface area contributed by atoms with Crippen LogP contribution in [0.5, 0.6) is 0 Å². The zero-order valence-electron chi connectivity index (χ0n) is 18.9. The number of halogens is 2. The van der Waals surface area contributed by atoms with Crippen molar-refractivity contribution in [1.82, 2.24) is 4.90 Å². The minimum atomic E-state index is -0.252.